The van der Waals surface area contributed by atoms with Crippen LogP contribution in [-0.4, -0.2) is 82.3 Å². The minimum atomic E-state index is -5.15. The van der Waals surface area contributed by atoms with Crippen molar-refractivity contribution in [2.45, 2.75) is 37.5 Å². The molecule has 2 heterocycles. The van der Waals surface area contributed by atoms with Crippen LogP contribution in [0.3, 0.4) is 0 Å². The van der Waals surface area contributed by atoms with Crippen LogP contribution < -0.4 is 90.8 Å². The first-order valence-electron chi connectivity index (χ1n) is 19.5. The molecule has 0 spiro atoms. The summed E-state index contributed by atoms with van der Waals surface area (Å²) in [5, 5.41) is 13.9. The molecular weight excluding hydrogens is 919 g/mol. The summed E-state index contributed by atoms with van der Waals surface area (Å²) in [7, 11) is -10.3. The average molecular weight is 961 g/mol. The van der Waals surface area contributed by atoms with E-state index in [0.717, 1.165) is 22.6 Å². The van der Waals surface area contributed by atoms with E-state index >= 15 is 0 Å². The molecule has 0 atom stereocenters. The molecule has 336 valence electrons. The largest absolute Gasteiger partial charge is 1.00 e. The molecule has 0 unspecified atom stereocenters. The Morgan fingerprint density at radius 1 is 0.470 bits per heavy atom. The van der Waals surface area contributed by atoms with Gasteiger partial charge in [-0.15, -0.1) is 0 Å². The number of aromatic nitrogens is 6. The number of hydrogen-bond acceptors (Lipinski definition) is 22. The van der Waals surface area contributed by atoms with Crippen molar-refractivity contribution < 1.29 is 104 Å². The Kier molecular flexibility index (Phi) is 20.6. The normalized spacial score (nSPS) is 11.3. The maximum absolute atomic E-state index is 12.6. The van der Waals surface area contributed by atoms with Crippen molar-refractivity contribution in [1.29, 1.82) is 0 Å². The van der Waals surface area contributed by atoms with E-state index < -0.39 is 30.0 Å². The summed E-state index contributed by atoms with van der Waals surface area (Å²) < 4.78 is 75.7. The summed E-state index contributed by atoms with van der Waals surface area (Å²) in [6, 6.07) is 25.6. The molecule has 0 aliphatic heterocycles. The van der Waals surface area contributed by atoms with Crippen LogP contribution >= 0.6 is 0 Å². The molecule has 0 aliphatic rings. The summed E-state index contributed by atoms with van der Waals surface area (Å²) >= 11 is 0. The fourth-order valence-electron chi connectivity index (χ4n) is 5.56. The monoisotopic (exact) mass is 960 g/mol. The van der Waals surface area contributed by atoms with Crippen LogP contribution in [0, 0.1) is 0 Å². The Labute approximate surface area is 425 Å². The van der Waals surface area contributed by atoms with E-state index in [1.165, 1.54) is 36.4 Å². The Morgan fingerprint density at radius 3 is 1.06 bits per heavy atom. The summed E-state index contributed by atoms with van der Waals surface area (Å²) in [6.07, 6.45) is 2.37. The van der Waals surface area contributed by atoms with Crippen molar-refractivity contribution in [3.8, 4) is 0 Å². The van der Waals surface area contributed by atoms with Crippen molar-refractivity contribution in [3.05, 3.63) is 108 Å². The Morgan fingerprint density at radius 2 is 0.773 bits per heavy atom. The minimum Gasteiger partial charge on any atom is -0.744 e. The van der Waals surface area contributed by atoms with Crippen LogP contribution in [0.5, 0.6) is 0 Å². The van der Waals surface area contributed by atoms with Gasteiger partial charge in [0.2, 0.25) is 23.8 Å². The van der Waals surface area contributed by atoms with E-state index in [4.69, 9.17) is 19.4 Å². The number of anilines is 10. The number of nitrogens with one attached hydrogen (secondary N) is 4. The van der Waals surface area contributed by atoms with Crippen LogP contribution in [0.2, 0.25) is 0 Å². The van der Waals surface area contributed by atoms with Gasteiger partial charge in [-0.05, 0) is 87.4 Å². The second kappa shape index (κ2) is 25.3. The molecule has 2 aromatic heterocycles. The number of hydrogen-bond donors (Lipinski definition) is 4. The summed E-state index contributed by atoms with van der Waals surface area (Å²) in [6.45, 7) is 7.77. The molecule has 0 bridgehead atoms. The molecule has 0 saturated carbocycles. The van der Waals surface area contributed by atoms with Gasteiger partial charge >= 0.3 is 59.1 Å². The summed E-state index contributed by atoms with van der Waals surface area (Å²) in [5.41, 5.74) is 1.22. The predicted molar refractivity (Wildman–Crippen MR) is 235 cm³/mol. The average Bonchev–Trinajstić information content (AvgIpc) is 3.26. The molecule has 4 aromatic carbocycles. The zero-order valence-corrected chi connectivity index (χ0v) is 42.3. The number of rotatable bonds is 22. The standard InChI is InChI=1S/C40H44N12O10S2.2Na/c1-5-59-51(60-6-2)39-47-35(41-29-15-11-9-12-16-29)45-37(49-39)43-31-23-21-27(33(25-31)63(53,54)55)19-20-28-22-24-32(26-34(28)64(56,57)58)44-38-46-36(42-30-17-13-10-14-18-30)48-40(50-38)52(61-7-3)62-8-4;;/h9-26H,5-8H2,1-4H3,(H,53,54,55)(H,56,57,58)(H2,41,43,45,47,49)(H2,42,44,46,48,50);;/q;2*+1/p-2. The molecule has 4 N–H and O–H groups in total. The van der Waals surface area contributed by atoms with Crippen molar-refractivity contribution >= 4 is 90.8 Å². The molecule has 6 rings (SSSR count). The SMILES string of the molecule is CCON(OCC)c1nc(Nc2ccccc2)nc(Nc2ccc(C=Cc3ccc(Nc4nc(Nc5ccccc5)nc(N(OCC)OCC)n4)cc3S(=O)(=O)[O-])c(S(=O)(=O)[O-])c2)n1.[Na+].[Na+]. The van der Waals surface area contributed by atoms with Gasteiger partial charge in [0.05, 0.1) is 36.2 Å². The maximum Gasteiger partial charge on any atom is 1.00 e. The van der Waals surface area contributed by atoms with Gasteiger partial charge in [-0.1, -0.05) is 71.1 Å². The maximum atomic E-state index is 12.6. The van der Waals surface area contributed by atoms with E-state index in [9.17, 15) is 25.9 Å². The van der Waals surface area contributed by atoms with Gasteiger partial charge in [-0.25, -0.2) is 36.2 Å². The van der Waals surface area contributed by atoms with E-state index in [0.29, 0.717) is 11.4 Å². The summed E-state index contributed by atoms with van der Waals surface area (Å²) in [5.74, 6) is -0.132. The third-order valence-electron chi connectivity index (χ3n) is 8.14. The quantitative estimate of drug-likeness (QED) is 0.0311. The molecular formula is C40H42N12Na2O10S2. The topological polar surface area (TPSA) is 283 Å². The minimum absolute atomic E-state index is 0. The van der Waals surface area contributed by atoms with Gasteiger partial charge in [0, 0.05) is 22.7 Å². The molecule has 0 fully saturated rings. The van der Waals surface area contributed by atoms with Crippen LogP contribution in [-0.2, 0) is 39.6 Å². The number of nitrogens with zero attached hydrogens (tertiary/aromatic N) is 8. The van der Waals surface area contributed by atoms with Crippen molar-refractivity contribution in [2.24, 2.45) is 0 Å². The third-order valence-corrected chi connectivity index (χ3v) is 9.92. The van der Waals surface area contributed by atoms with E-state index in [-0.39, 0.29) is 144 Å². The van der Waals surface area contributed by atoms with Crippen LogP contribution in [0.1, 0.15) is 38.8 Å². The first-order chi connectivity index (χ1) is 30.8. The van der Waals surface area contributed by atoms with Gasteiger partial charge in [0.25, 0.3) is 11.9 Å². The van der Waals surface area contributed by atoms with Crippen LogP contribution in [0.4, 0.5) is 58.4 Å². The molecule has 6 aromatic rings. The molecule has 0 aliphatic carbocycles. The van der Waals surface area contributed by atoms with Crippen molar-refractivity contribution in [1.82, 2.24) is 29.9 Å². The molecule has 26 heteroatoms. The third kappa shape index (κ3) is 15.3. The van der Waals surface area contributed by atoms with Crippen LogP contribution in [0.15, 0.2) is 107 Å². The van der Waals surface area contributed by atoms with Gasteiger partial charge < -0.3 is 30.4 Å². The second-order valence-corrected chi connectivity index (χ2v) is 15.4. The molecule has 0 saturated heterocycles. The Bertz CT molecular complexity index is 2590. The van der Waals surface area contributed by atoms with E-state index in [1.807, 2.05) is 12.1 Å². The van der Waals surface area contributed by atoms with Crippen LogP contribution in [0.25, 0.3) is 12.2 Å². The van der Waals surface area contributed by atoms with Crippen molar-refractivity contribution in [2.75, 3.05) is 58.1 Å². The van der Waals surface area contributed by atoms with Gasteiger partial charge in [0.15, 0.2) is 0 Å². The molecule has 22 nitrogen and oxygen atoms in total. The first-order valence-corrected chi connectivity index (χ1v) is 22.3. The molecule has 0 radical (unpaired) electrons. The van der Waals surface area contributed by atoms with Gasteiger partial charge in [-0.2, -0.15) is 29.9 Å². The number of benzene rings is 4. The molecule has 0 amide bonds. The smallest absolute Gasteiger partial charge is 0.744 e. The fourth-order valence-corrected chi connectivity index (χ4v) is 6.95. The van der Waals surface area contributed by atoms with Gasteiger partial charge in [-0.3, -0.25) is 0 Å². The Hall–Kier alpha value is -4.90. The van der Waals surface area contributed by atoms with E-state index in [2.05, 4.69) is 51.2 Å². The zero-order valence-electron chi connectivity index (χ0n) is 36.7. The Balaban J connectivity index is 0.00000476. The van der Waals surface area contributed by atoms with Crippen molar-refractivity contribution in [3.63, 3.8) is 0 Å². The summed E-state index contributed by atoms with van der Waals surface area (Å²) in [4.78, 5) is 47.0. The molecule has 66 heavy (non-hydrogen) atoms. The predicted octanol–water partition coefficient (Wildman–Crippen LogP) is 0.436. The second-order valence-electron chi connectivity index (χ2n) is 12.7. The van der Waals surface area contributed by atoms with E-state index in [1.54, 1.807) is 76.2 Å². The number of para-hydroxylation sites is 2. The fraction of sp³-hybridized carbons (Fsp3) is 0.200. The zero-order chi connectivity index (χ0) is 45.7. The first kappa shape index (κ1) is 53.7. The van der Waals surface area contributed by atoms with Gasteiger partial charge in [0.1, 0.15) is 20.2 Å².